The summed E-state index contributed by atoms with van der Waals surface area (Å²) in [6.45, 7) is 0.412. The van der Waals surface area contributed by atoms with E-state index in [1.165, 1.54) is 0 Å². The largest absolute Gasteiger partial charge is 0.447 e. The molecule has 1 aliphatic rings. The Hall–Kier alpha value is -2.48. The van der Waals surface area contributed by atoms with Crippen LogP contribution in [0.25, 0.3) is 10.9 Å². The molecule has 1 fully saturated rings. The normalized spacial score (nSPS) is 18.1. The monoisotopic (exact) mass is 255 g/mol. The number of nitriles is 1. The lowest BCUT2D eigenvalue weighted by atomic mass is 10.0. The summed E-state index contributed by atoms with van der Waals surface area (Å²) in [6, 6.07) is 8.30. The zero-order valence-electron chi connectivity index (χ0n) is 10.3. The van der Waals surface area contributed by atoms with Gasteiger partial charge in [0.05, 0.1) is 18.5 Å². The number of ether oxygens (including phenoxy) is 1. The number of nitrogens with one attached hydrogen (secondary N) is 2. The van der Waals surface area contributed by atoms with Gasteiger partial charge < -0.3 is 15.0 Å². The Bertz CT molecular complexity index is 669. The summed E-state index contributed by atoms with van der Waals surface area (Å²) >= 11 is 0. The lowest BCUT2D eigenvalue weighted by Crippen LogP contribution is -2.28. The van der Waals surface area contributed by atoms with Crippen molar-refractivity contribution >= 4 is 17.0 Å². The van der Waals surface area contributed by atoms with Gasteiger partial charge in [0.2, 0.25) is 0 Å². The molecular formula is C14H13N3O2. The number of benzene rings is 1. The van der Waals surface area contributed by atoms with Gasteiger partial charge in [0.25, 0.3) is 0 Å². The van der Waals surface area contributed by atoms with Crippen molar-refractivity contribution in [2.45, 2.75) is 18.9 Å². The molecule has 2 aromatic rings. The molecule has 1 amide bonds. The Morgan fingerprint density at radius 3 is 3.11 bits per heavy atom. The van der Waals surface area contributed by atoms with Crippen LogP contribution < -0.4 is 5.32 Å². The lowest BCUT2D eigenvalue weighted by molar-refractivity contribution is 0.177. The predicted octanol–water partition coefficient (Wildman–Crippen LogP) is 1.88. The van der Waals surface area contributed by atoms with Gasteiger partial charge >= 0.3 is 6.09 Å². The first-order valence-electron chi connectivity index (χ1n) is 6.15. The molecule has 0 aliphatic carbocycles. The molecule has 1 unspecified atom stereocenters. The molecule has 0 spiro atoms. The Balaban J connectivity index is 1.86. The number of carbonyl (C=O) groups is 1. The highest BCUT2D eigenvalue weighted by Crippen LogP contribution is 2.21. The van der Waals surface area contributed by atoms with Gasteiger partial charge in [-0.2, -0.15) is 5.26 Å². The predicted molar refractivity (Wildman–Crippen MR) is 69.6 cm³/mol. The number of hydrogen-bond acceptors (Lipinski definition) is 3. The molecule has 0 radical (unpaired) electrons. The van der Waals surface area contributed by atoms with Crippen molar-refractivity contribution in [3.63, 3.8) is 0 Å². The molecule has 1 aliphatic heterocycles. The fraction of sp³-hybridized carbons (Fsp3) is 0.286. The smallest absolute Gasteiger partial charge is 0.407 e. The number of hydrogen-bond donors (Lipinski definition) is 2. The molecule has 19 heavy (non-hydrogen) atoms. The molecule has 1 atom stereocenters. The molecule has 1 saturated heterocycles. The zero-order valence-corrected chi connectivity index (χ0v) is 10.3. The van der Waals surface area contributed by atoms with E-state index in [1.54, 1.807) is 0 Å². The van der Waals surface area contributed by atoms with E-state index >= 15 is 0 Å². The van der Waals surface area contributed by atoms with Gasteiger partial charge in [0, 0.05) is 17.1 Å². The highest BCUT2D eigenvalue weighted by Gasteiger charge is 2.22. The third kappa shape index (κ3) is 2.25. The van der Waals surface area contributed by atoms with Gasteiger partial charge in [-0.15, -0.1) is 0 Å². The molecule has 0 bridgehead atoms. The average Bonchev–Trinajstić information content (AvgIpc) is 2.97. The molecule has 5 heteroatoms. The number of carbonyl (C=O) groups excluding carboxylic acids is 1. The minimum absolute atomic E-state index is 0.0308. The van der Waals surface area contributed by atoms with Crippen molar-refractivity contribution in [3.05, 3.63) is 35.5 Å². The van der Waals surface area contributed by atoms with E-state index in [0.29, 0.717) is 13.0 Å². The topological polar surface area (TPSA) is 77.9 Å². The van der Waals surface area contributed by atoms with E-state index in [9.17, 15) is 4.79 Å². The number of cyclic esters (lactones) is 1. The number of rotatable bonds is 3. The quantitative estimate of drug-likeness (QED) is 0.879. The molecule has 2 N–H and O–H groups in total. The van der Waals surface area contributed by atoms with Crippen LogP contribution in [0.5, 0.6) is 0 Å². The number of aromatic amines is 1. The van der Waals surface area contributed by atoms with Crippen LogP contribution in [-0.2, 0) is 17.6 Å². The molecule has 3 rings (SSSR count). The number of aromatic nitrogens is 1. The summed E-state index contributed by atoms with van der Waals surface area (Å²) in [5.41, 5.74) is 3.16. The molecule has 1 aromatic heterocycles. The molecular weight excluding hydrogens is 242 g/mol. The molecule has 0 saturated carbocycles. The maximum Gasteiger partial charge on any atom is 0.407 e. The first-order valence-corrected chi connectivity index (χ1v) is 6.15. The number of nitrogens with zero attached hydrogens (tertiary/aromatic N) is 1. The standard InChI is InChI=1S/C14H13N3O2/c15-4-3-10-7-16-13-2-1-9(6-12(10)13)5-11-8-19-14(18)17-11/h1-2,6-7,11,16H,3,5,8H2,(H,17,18). The SMILES string of the molecule is N#CCc1c[nH]c2ccc(CC3COC(=O)N3)cc12. The third-order valence-electron chi connectivity index (χ3n) is 3.32. The Morgan fingerprint density at radius 1 is 1.47 bits per heavy atom. The highest BCUT2D eigenvalue weighted by molar-refractivity contribution is 5.84. The first-order chi connectivity index (χ1) is 9.26. The minimum atomic E-state index is -0.349. The van der Waals surface area contributed by atoms with Crippen LogP contribution in [0.4, 0.5) is 4.79 Å². The summed E-state index contributed by atoms with van der Waals surface area (Å²) < 4.78 is 4.87. The van der Waals surface area contributed by atoms with Gasteiger partial charge in [0.15, 0.2) is 0 Å². The van der Waals surface area contributed by atoms with E-state index in [0.717, 1.165) is 28.5 Å². The third-order valence-corrected chi connectivity index (χ3v) is 3.32. The molecule has 5 nitrogen and oxygen atoms in total. The van der Waals surface area contributed by atoms with Gasteiger partial charge in [0.1, 0.15) is 6.61 Å². The summed E-state index contributed by atoms with van der Waals surface area (Å²) in [4.78, 5) is 14.1. The summed E-state index contributed by atoms with van der Waals surface area (Å²) in [7, 11) is 0. The second kappa shape index (κ2) is 4.65. The Kier molecular flexibility index (Phi) is 2.84. The average molecular weight is 255 g/mol. The van der Waals surface area contributed by atoms with Crippen LogP contribution >= 0.6 is 0 Å². The summed E-state index contributed by atoms with van der Waals surface area (Å²) in [5, 5.41) is 12.6. The number of amides is 1. The van der Waals surface area contributed by atoms with Crippen molar-refractivity contribution in [2.24, 2.45) is 0 Å². The van der Waals surface area contributed by atoms with Crippen LogP contribution in [0.1, 0.15) is 11.1 Å². The Labute approximate surface area is 110 Å². The van der Waals surface area contributed by atoms with Crippen molar-refractivity contribution < 1.29 is 9.53 Å². The summed E-state index contributed by atoms with van der Waals surface area (Å²) in [5.74, 6) is 0. The second-order valence-corrected chi connectivity index (χ2v) is 4.67. The van der Waals surface area contributed by atoms with E-state index in [-0.39, 0.29) is 12.1 Å². The van der Waals surface area contributed by atoms with E-state index in [2.05, 4.69) is 22.4 Å². The van der Waals surface area contributed by atoms with Gasteiger partial charge in [-0.05, 0) is 29.7 Å². The lowest BCUT2D eigenvalue weighted by Gasteiger charge is -2.07. The van der Waals surface area contributed by atoms with Crippen molar-refractivity contribution in [1.82, 2.24) is 10.3 Å². The van der Waals surface area contributed by atoms with Gasteiger partial charge in [-0.25, -0.2) is 4.79 Å². The van der Waals surface area contributed by atoms with Gasteiger partial charge in [-0.1, -0.05) is 6.07 Å². The fourth-order valence-electron chi connectivity index (χ4n) is 2.40. The van der Waals surface area contributed by atoms with Crippen LogP contribution in [0, 0.1) is 11.3 Å². The zero-order chi connectivity index (χ0) is 13.2. The first kappa shape index (κ1) is 11.6. The van der Waals surface area contributed by atoms with Crippen molar-refractivity contribution in [1.29, 1.82) is 5.26 Å². The van der Waals surface area contributed by atoms with E-state index in [4.69, 9.17) is 10.00 Å². The van der Waals surface area contributed by atoms with Crippen LogP contribution in [-0.4, -0.2) is 23.7 Å². The molecule has 2 heterocycles. The molecule has 96 valence electrons. The van der Waals surface area contributed by atoms with Crippen molar-refractivity contribution in [2.75, 3.05) is 6.61 Å². The maximum absolute atomic E-state index is 11.0. The van der Waals surface area contributed by atoms with Crippen LogP contribution in [0.3, 0.4) is 0 Å². The minimum Gasteiger partial charge on any atom is -0.447 e. The van der Waals surface area contributed by atoms with Crippen LogP contribution in [0.2, 0.25) is 0 Å². The molecule has 1 aromatic carbocycles. The highest BCUT2D eigenvalue weighted by atomic mass is 16.6. The number of fused-ring (bicyclic) bond motifs is 1. The second-order valence-electron chi connectivity index (χ2n) is 4.67. The fourth-order valence-corrected chi connectivity index (χ4v) is 2.40. The van der Waals surface area contributed by atoms with Crippen molar-refractivity contribution in [3.8, 4) is 6.07 Å². The van der Waals surface area contributed by atoms with E-state index < -0.39 is 0 Å². The number of alkyl carbamates (subject to hydrolysis) is 1. The van der Waals surface area contributed by atoms with Gasteiger partial charge in [-0.3, -0.25) is 0 Å². The van der Waals surface area contributed by atoms with E-state index in [1.807, 2.05) is 18.3 Å². The summed E-state index contributed by atoms with van der Waals surface area (Å²) in [6.07, 6.45) is 2.65. The Morgan fingerprint density at radius 2 is 2.37 bits per heavy atom. The van der Waals surface area contributed by atoms with Crippen LogP contribution in [0.15, 0.2) is 24.4 Å². The number of H-pyrrole nitrogens is 1. The maximum atomic E-state index is 11.0.